The van der Waals surface area contributed by atoms with E-state index in [1.165, 1.54) is 11.3 Å². The van der Waals surface area contributed by atoms with Crippen molar-refractivity contribution < 1.29 is 23.7 Å². The van der Waals surface area contributed by atoms with Crippen LogP contribution in [-0.2, 0) is 16.1 Å². The van der Waals surface area contributed by atoms with E-state index >= 15 is 0 Å². The number of hydrogen-bond donors (Lipinski definition) is 0. The molecule has 0 N–H and O–H groups in total. The van der Waals surface area contributed by atoms with Gasteiger partial charge in [-0.05, 0) is 65.4 Å². The summed E-state index contributed by atoms with van der Waals surface area (Å²) >= 11 is 3.39. The summed E-state index contributed by atoms with van der Waals surface area (Å²) in [5.74, 6) is 0.952. The Morgan fingerprint density at radius 1 is 1.00 bits per heavy atom. The highest BCUT2D eigenvalue weighted by Crippen LogP contribution is 2.39. The summed E-state index contributed by atoms with van der Waals surface area (Å²) in [6.45, 7) is 2.08. The number of methoxy groups -OCH3 is 2. The van der Waals surface area contributed by atoms with Gasteiger partial charge in [-0.15, -0.1) is 0 Å². The van der Waals surface area contributed by atoms with Crippen LogP contribution in [0.4, 0.5) is 0 Å². The SMILES string of the molecule is CCOC(=O)C1=C(c2ccccc2)N=c2s/c(=C/c3cc(I)c(OCc4ccccc4C#N)c(OC)c3)c(=O)n2[C@@H]1c1ccccc1OC. The van der Waals surface area contributed by atoms with E-state index in [-0.39, 0.29) is 24.3 Å². The number of esters is 1. The van der Waals surface area contributed by atoms with Gasteiger partial charge in [0.2, 0.25) is 0 Å². The van der Waals surface area contributed by atoms with Gasteiger partial charge in [-0.2, -0.15) is 5.26 Å². The Bertz CT molecular complexity index is 2310. The van der Waals surface area contributed by atoms with Gasteiger partial charge in [0.05, 0.1) is 51.8 Å². The summed E-state index contributed by atoms with van der Waals surface area (Å²) in [6, 6.07) is 29.0. The average Bonchev–Trinajstić information content (AvgIpc) is 3.44. The number of thiazole rings is 1. The smallest absolute Gasteiger partial charge is 0.338 e. The fourth-order valence-corrected chi connectivity index (χ4v) is 7.43. The van der Waals surface area contributed by atoms with Crippen LogP contribution in [0.1, 0.15) is 40.8 Å². The molecule has 6 rings (SSSR count). The molecule has 0 fully saturated rings. The van der Waals surface area contributed by atoms with Gasteiger partial charge >= 0.3 is 5.97 Å². The van der Waals surface area contributed by atoms with Gasteiger partial charge in [0.15, 0.2) is 16.3 Å². The monoisotopic (exact) mass is 783 g/mol. The third-order valence-electron chi connectivity index (χ3n) is 7.87. The van der Waals surface area contributed by atoms with Crippen LogP contribution in [0.15, 0.2) is 106 Å². The Balaban J connectivity index is 1.51. The van der Waals surface area contributed by atoms with Crippen molar-refractivity contribution in [1.82, 2.24) is 4.57 Å². The van der Waals surface area contributed by atoms with E-state index in [9.17, 15) is 14.9 Å². The second kappa shape index (κ2) is 14.9. The van der Waals surface area contributed by atoms with Gasteiger partial charge in [-0.3, -0.25) is 9.36 Å². The predicted molar refractivity (Wildman–Crippen MR) is 195 cm³/mol. The number of rotatable bonds is 10. The molecule has 246 valence electrons. The zero-order valence-corrected chi connectivity index (χ0v) is 29.8. The molecule has 11 heteroatoms. The Kier molecular flexibility index (Phi) is 10.3. The summed E-state index contributed by atoms with van der Waals surface area (Å²) in [6.07, 6.45) is 1.78. The molecule has 0 radical (unpaired) electrons. The minimum absolute atomic E-state index is 0.151. The quantitative estimate of drug-likeness (QED) is 0.126. The highest BCUT2D eigenvalue weighted by Gasteiger charge is 2.36. The fraction of sp³-hybridized carbons (Fsp3) is 0.158. The summed E-state index contributed by atoms with van der Waals surface area (Å²) in [5, 5.41) is 9.48. The van der Waals surface area contributed by atoms with Crippen LogP contribution in [0.3, 0.4) is 0 Å². The number of benzene rings is 4. The maximum atomic E-state index is 14.4. The molecule has 0 spiro atoms. The molecule has 0 saturated carbocycles. The van der Waals surface area contributed by atoms with E-state index in [2.05, 4.69) is 28.7 Å². The lowest BCUT2D eigenvalue weighted by atomic mass is 9.92. The summed E-state index contributed by atoms with van der Waals surface area (Å²) in [7, 11) is 3.10. The summed E-state index contributed by atoms with van der Waals surface area (Å²) in [5.41, 5.74) is 3.70. The minimum atomic E-state index is -0.870. The molecule has 9 nitrogen and oxygen atoms in total. The van der Waals surface area contributed by atoms with Crippen molar-refractivity contribution in [3.8, 4) is 23.3 Å². The minimum Gasteiger partial charge on any atom is -0.496 e. The molecule has 0 aliphatic carbocycles. The number of ether oxygens (including phenoxy) is 4. The highest BCUT2D eigenvalue weighted by molar-refractivity contribution is 14.1. The molecule has 4 aromatic carbocycles. The van der Waals surface area contributed by atoms with Gasteiger partial charge in [-0.1, -0.05) is 78.1 Å². The van der Waals surface area contributed by atoms with Crippen molar-refractivity contribution in [3.05, 3.63) is 148 Å². The first-order valence-corrected chi connectivity index (χ1v) is 17.2. The number of nitrogens with zero attached hydrogens (tertiary/aromatic N) is 3. The highest BCUT2D eigenvalue weighted by atomic mass is 127. The van der Waals surface area contributed by atoms with Crippen LogP contribution < -0.4 is 29.1 Å². The summed E-state index contributed by atoms with van der Waals surface area (Å²) in [4.78, 5) is 33.5. The molecule has 1 aliphatic rings. The molecule has 1 aliphatic heterocycles. The molecule has 0 bridgehead atoms. The van der Waals surface area contributed by atoms with Crippen molar-refractivity contribution in [1.29, 1.82) is 5.26 Å². The van der Waals surface area contributed by atoms with Crippen LogP contribution >= 0.6 is 33.9 Å². The number of hydrogen-bond acceptors (Lipinski definition) is 9. The lowest BCUT2D eigenvalue weighted by Gasteiger charge is -2.27. The van der Waals surface area contributed by atoms with Crippen molar-refractivity contribution in [2.45, 2.75) is 19.6 Å². The molecule has 0 unspecified atom stereocenters. The second-order valence-corrected chi connectivity index (χ2v) is 12.9. The second-order valence-electron chi connectivity index (χ2n) is 10.8. The number of halogens is 1. The zero-order chi connectivity index (χ0) is 34.5. The van der Waals surface area contributed by atoms with Crippen LogP contribution in [0.5, 0.6) is 17.2 Å². The third kappa shape index (κ3) is 6.75. The van der Waals surface area contributed by atoms with Crippen molar-refractivity contribution in [2.75, 3.05) is 20.8 Å². The van der Waals surface area contributed by atoms with E-state index in [0.717, 1.165) is 14.7 Å². The Morgan fingerprint density at radius 3 is 2.45 bits per heavy atom. The van der Waals surface area contributed by atoms with Crippen molar-refractivity contribution in [2.24, 2.45) is 4.99 Å². The van der Waals surface area contributed by atoms with Gasteiger partial charge < -0.3 is 18.9 Å². The van der Waals surface area contributed by atoms with E-state index in [1.54, 1.807) is 50.0 Å². The Labute approximate surface area is 300 Å². The van der Waals surface area contributed by atoms with Crippen molar-refractivity contribution in [3.63, 3.8) is 0 Å². The topological polar surface area (TPSA) is 112 Å². The average molecular weight is 784 g/mol. The van der Waals surface area contributed by atoms with E-state index in [0.29, 0.717) is 49.0 Å². The van der Waals surface area contributed by atoms with Crippen LogP contribution in [0.2, 0.25) is 0 Å². The Morgan fingerprint density at radius 2 is 1.71 bits per heavy atom. The molecule has 0 amide bonds. The zero-order valence-electron chi connectivity index (χ0n) is 26.8. The molecule has 0 saturated heterocycles. The normalized spacial score (nSPS) is 14.0. The number of carbonyl (C=O) groups is 1. The molecular weight excluding hydrogens is 753 g/mol. The van der Waals surface area contributed by atoms with E-state index in [4.69, 9.17) is 23.9 Å². The van der Waals surface area contributed by atoms with Gasteiger partial charge in [0.1, 0.15) is 18.4 Å². The fourth-order valence-electron chi connectivity index (χ4n) is 5.65. The van der Waals surface area contributed by atoms with Gasteiger partial charge in [0, 0.05) is 16.7 Å². The summed E-state index contributed by atoms with van der Waals surface area (Å²) < 4.78 is 25.8. The van der Waals surface area contributed by atoms with Crippen LogP contribution in [-0.4, -0.2) is 31.4 Å². The molecule has 1 atom stereocenters. The van der Waals surface area contributed by atoms with Crippen molar-refractivity contribution >= 4 is 51.7 Å². The van der Waals surface area contributed by atoms with E-state index < -0.39 is 12.0 Å². The first kappa shape index (κ1) is 33.7. The largest absolute Gasteiger partial charge is 0.496 e. The number of carbonyl (C=O) groups excluding carboxylic acids is 1. The van der Waals surface area contributed by atoms with Crippen LogP contribution in [0.25, 0.3) is 11.8 Å². The molecular formula is C38H30IN3O6S. The lowest BCUT2D eigenvalue weighted by Crippen LogP contribution is -2.40. The lowest BCUT2D eigenvalue weighted by molar-refractivity contribution is -0.138. The van der Waals surface area contributed by atoms with Gasteiger partial charge in [0.25, 0.3) is 5.56 Å². The number of nitriles is 1. The third-order valence-corrected chi connectivity index (χ3v) is 9.65. The maximum absolute atomic E-state index is 14.4. The van der Waals surface area contributed by atoms with Gasteiger partial charge in [-0.25, -0.2) is 9.79 Å². The first-order chi connectivity index (χ1) is 23.9. The number of aromatic nitrogens is 1. The first-order valence-electron chi connectivity index (χ1n) is 15.3. The van der Waals surface area contributed by atoms with Crippen LogP contribution in [0, 0.1) is 14.9 Å². The molecule has 1 aromatic heterocycles. The number of fused-ring (bicyclic) bond motifs is 1. The number of para-hydroxylation sites is 1. The molecule has 5 aromatic rings. The predicted octanol–water partition coefficient (Wildman–Crippen LogP) is 6.01. The maximum Gasteiger partial charge on any atom is 0.338 e. The Hall–Kier alpha value is -5.19. The molecule has 2 heterocycles. The van der Waals surface area contributed by atoms with E-state index in [1.807, 2.05) is 72.8 Å². The standard InChI is InChI=1S/C38H30IN3O6S/c1-4-47-37(44)32-33(24-12-6-5-7-13-24)41-38-42(34(32)27-16-10-11-17-29(27)45-2)36(43)31(49-38)20-23-18-28(39)35(30(19-23)46-3)48-22-26-15-9-8-14-25(26)21-40/h5-20,34H,4,22H2,1-3H3/b31-20+/t34-/m1/s1. The molecule has 49 heavy (non-hydrogen) atoms.